The van der Waals surface area contributed by atoms with Crippen molar-refractivity contribution in [1.29, 1.82) is 0 Å². The number of halogens is 1. The summed E-state index contributed by atoms with van der Waals surface area (Å²) in [5.74, 6) is 0.522. The van der Waals surface area contributed by atoms with Gasteiger partial charge in [0.05, 0.1) is 30.2 Å². The number of hydrogen-bond acceptors (Lipinski definition) is 6. The minimum atomic E-state index is -0.414. The number of carbonyl (C=O) groups is 2. The molecule has 0 unspecified atom stereocenters. The molecule has 0 aliphatic carbocycles. The molecular weight excluding hydrogens is 472 g/mol. The lowest BCUT2D eigenvalue weighted by molar-refractivity contribution is 0.0322. The molecule has 1 fully saturated rings. The van der Waals surface area contributed by atoms with Gasteiger partial charge in [0.15, 0.2) is 5.76 Å². The molecule has 1 aromatic heterocycles. The number of benzene rings is 2. The molecule has 184 valence electrons. The topological polar surface area (TPSA) is 105 Å². The van der Waals surface area contributed by atoms with Gasteiger partial charge < -0.3 is 29.8 Å². The summed E-state index contributed by atoms with van der Waals surface area (Å²) in [5.41, 5.74) is 1.81. The zero-order valence-electron chi connectivity index (χ0n) is 19.1. The molecule has 0 bridgehead atoms. The van der Waals surface area contributed by atoms with Crippen molar-refractivity contribution in [2.45, 2.75) is 6.54 Å². The number of morpholine rings is 1. The van der Waals surface area contributed by atoms with Crippen LogP contribution >= 0.6 is 11.6 Å². The predicted octanol–water partition coefficient (Wildman–Crippen LogP) is 4.22. The standard InChI is InChI=1S/C25H27ClN4O5/c26-21-16-19(6-7-22(21)29-24(31)23-5-2-11-35-23)28-25(32)27-17-18-3-1-4-20(15-18)34-14-10-30-8-12-33-13-9-30/h1-7,11,15-16H,8-10,12-14,17H2,(H,29,31)(H2,27,28,32). The van der Waals surface area contributed by atoms with Gasteiger partial charge in [-0.3, -0.25) is 9.69 Å². The van der Waals surface area contributed by atoms with Gasteiger partial charge in [0.25, 0.3) is 5.91 Å². The molecule has 0 radical (unpaired) electrons. The van der Waals surface area contributed by atoms with Gasteiger partial charge in [-0.2, -0.15) is 0 Å². The molecule has 3 N–H and O–H groups in total. The van der Waals surface area contributed by atoms with E-state index in [2.05, 4.69) is 20.9 Å². The maximum Gasteiger partial charge on any atom is 0.319 e. The number of rotatable bonds is 9. The van der Waals surface area contributed by atoms with Gasteiger partial charge in [-0.1, -0.05) is 23.7 Å². The van der Waals surface area contributed by atoms with Gasteiger partial charge in [0.2, 0.25) is 0 Å². The average molecular weight is 499 g/mol. The summed E-state index contributed by atoms with van der Waals surface area (Å²) in [7, 11) is 0. The highest BCUT2D eigenvalue weighted by Gasteiger charge is 2.12. The Morgan fingerprint density at radius 2 is 1.89 bits per heavy atom. The minimum absolute atomic E-state index is 0.175. The Balaban J connectivity index is 1.22. The quantitative estimate of drug-likeness (QED) is 0.408. The molecule has 1 aliphatic rings. The summed E-state index contributed by atoms with van der Waals surface area (Å²) in [6.45, 7) is 5.16. The van der Waals surface area contributed by atoms with Crippen LogP contribution in [0.1, 0.15) is 16.1 Å². The van der Waals surface area contributed by atoms with E-state index in [0.717, 1.165) is 44.2 Å². The molecule has 3 aromatic rings. The second kappa shape index (κ2) is 12.3. The van der Waals surface area contributed by atoms with Crippen LogP contribution in [-0.2, 0) is 11.3 Å². The van der Waals surface area contributed by atoms with Crippen molar-refractivity contribution in [3.63, 3.8) is 0 Å². The van der Waals surface area contributed by atoms with E-state index in [9.17, 15) is 9.59 Å². The fourth-order valence-corrected chi connectivity index (χ4v) is 3.73. The van der Waals surface area contributed by atoms with Gasteiger partial charge in [0, 0.05) is 31.9 Å². The second-order valence-corrected chi connectivity index (χ2v) is 8.29. The number of anilines is 2. The highest BCUT2D eigenvalue weighted by molar-refractivity contribution is 6.34. The molecule has 9 nitrogen and oxygen atoms in total. The fraction of sp³-hybridized carbons (Fsp3) is 0.280. The highest BCUT2D eigenvalue weighted by atomic mass is 35.5. The first-order valence-electron chi connectivity index (χ1n) is 11.3. The van der Waals surface area contributed by atoms with E-state index >= 15 is 0 Å². The average Bonchev–Trinajstić information content (AvgIpc) is 3.41. The Morgan fingerprint density at radius 3 is 2.66 bits per heavy atom. The van der Waals surface area contributed by atoms with E-state index in [4.69, 9.17) is 25.5 Å². The molecule has 10 heteroatoms. The molecule has 3 amide bonds. The maximum absolute atomic E-state index is 12.4. The number of furan rings is 1. The van der Waals surface area contributed by atoms with Crippen molar-refractivity contribution in [2.24, 2.45) is 0 Å². The summed E-state index contributed by atoms with van der Waals surface area (Å²) >= 11 is 6.26. The van der Waals surface area contributed by atoms with Gasteiger partial charge in [-0.25, -0.2) is 4.79 Å². The molecule has 4 rings (SSSR count). The number of amides is 3. The van der Waals surface area contributed by atoms with Crippen LogP contribution in [0.5, 0.6) is 5.75 Å². The third kappa shape index (κ3) is 7.48. The molecule has 1 saturated heterocycles. The van der Waals surface area contributed by atoms with Crippen molar-refractivity contribution in [2.75, 3.05) is 50.1 Å². The van der Waals surface area contributed by atoms with Gasteiger partial charge in [0.1, 0.15) is 12.4 Å². The SMILES string of the molecule is O=C(NCc1cccc(OCCN2CCOCC2)c1)Nc1ccc(NC(=O)c2ccco2)c(Cl)c1. The van der Waals surface area contributed by atoms with E-state index < -0.39 is 5.91 Å². The monoisotopic (exact) mass is 498 g/mol. The lowest BCUT2D eigenvalue weighted by atomic mass is 10.2. The van der Waals surface area contributed by atoms with Crippen LogP contribution in [-0.4, -0.2) is 56.3 Å². The molecule has 1 aliphatic heterocycles. The molecule has 2 aromatic carbocycles. The van der Waals surface area contributed by atoms with E-state index in [1.807, 2.05) is 24.3 Å². The second-order valence-electron chi connectivity index (χ2n) is 7.88. The smallest absolute Gasteiger partial charge is 0.319 e. The first-order chi connectivity index (χ1) is 17.1. The van der Waals surface area contributed by atoms with Crippen molar-refractivity contribution >= 4 is 34.9 Å². The molecule has 0 saturated carbocycles. The van der Waals surface area contributed by atoms with Crippen LogP contribution in [0.15, 0.2) is 65.3 Å². The van der Waals surface area contributed by atoms with Crippen molar-refractivity contribution in [1.82, 2.24) is 10.2 Å². The summed E-state index contributed by atoms with van der Waals surface area (Å²) in [5, 5.41) is 8.50. The number of nitrogens with zero attached hydrogens (tertiary/aromatic N) is 1. The van der Waals surface area contributed by atoms with Crippen LogP contribution < -0.4 is 20.7 Å². The van der Waals surface area contributed by atoms with Gasteiger partial charge in [-0.15, -0.1) is 0 Å². The van der Waals surface area contributed by atoms with Gasteiger partial charge >= 0.3 is 6.03 Å². The summed E-state index contributed by atoms with van der Waals surface area (Å²) in [4.78, 5) is 26.8. The summed E-state index contributed by atoms with van der Waals surface area (Å²) < 4.78 is 16.3. The van der Waals surface area contributed by atoms with Crippen LogP contribution in [0.3, 0.4) is 0 Å². The fourth-order valence-electron chi connectivity index (χ4n) is 3.51. The van der Waals surface area contributed by atoms with E-state index in [1.54, 1.807) is 30.3 Å². The zero-order chi connectivity index (χ0) is 24.5. The third-order valence-corrected chi connectivity index (χ3v) is 5.66. The van der Waals surface area contributed by atoms with Crippen molar-refractivity contribution in [3.8, 4) is 5.75 Å². The predicted molar refractivity (Wildman–Crippen MR) is 133 cm³/mol. The lowest BCUT2D eigenvalue weighted by Crippen LogP contribution is -2.38. The summed E-state index contributed by atoms with van der Waals surface area (Å²) in [6, 6.07) is 15.2. The zero-order valence-corrected chi connectivity index (χ0v) is 19.8. The lowest BCUT2D eigenvalue weighted by Gasteiger charge is -2.26. The largest absolute Gasteiger partial charge is 0.492 e. The van der Waals surface area contributed by atoms with E-state index in [-0.39, 0.29) is 16.8 Å². The van der Waals surface area contributed by atoms with Gasteiger partial charge in [-0.05, 0) is 48.0 Å². The number of nitrogens with one attached hydrogen (secondary N) is 3. The molecule has 0 atom stereocenters. The Bertz CT molecular complexity index is 1130. The Kier molecular flexibility index (Phi) is 8.61. The summed E-state index contributed by atoms with van der Waals surface area (Å²) in [6.07, 6.45) is 1.41. The van der Waals surface area contributed by atoms with Crippen molar-refractivity contribution in [3.05, 3.63) is 77.2 Å². The normalized spacial score (nSPS) is 13.7. The Hall–Kier alpha value is -3.53. The minimum Gasteiger partial charge on any atom is -0.492 e. The number of urea groups is 1. The van der Waals surface area contributed by atoms with Crippen LogP contribution in [0.25, 0.3) is 0 Å². The molecule has 0 spiro atoms. The van der Waals surface area contributed by atoms with E-state index in [0.29, 0.717) is 24.5 Å². The highest BCUT2D eigenvalue weighted by Crippen LogP contribution is 2.26. The van der Waals surface area contributed by atoms with Crippen LogP contribution in [0.4, 0.5) is 16.2 Å². The molecular formula is C25H27ClN4O5. The number of hydrogen-bond donors (Lipinski definition) is 3. The first-order valence-corrected chi connectivity index (χ1v) is 11.7. The Labute approximate surface area is 208 Å². The first kappa shape index (κ1) is 24.6. The molecule has 2 heterocycles. The van der Waals surface area contributed by atoms with Crippen LogP contribution in [0, 0.1) is 0 Å². The maximum atomic E-state index is 12.4. The Morgan fingerprint density at radius 1 is 1.03 bits per heavy atom. The number of carbonyl (C=O) groups excluding carboxylic acids is 2. The third-order valence-electron chi connectivity index (χ3n) is 5.35. The molecule has 35 heavy (non-hydrogen) atoms. The van der Waals surface area contributed by atoms with E-state index in [1.165, 1.54) is 6.26 Å². The van der Waals surface area contributed by atoms with Crippen molar-refractivity contribution < 1.29 is 23.5 Å². The number of ether oxygens (including phenoxy) is 2. The van der Waals surface area contributed by atoms with Crippen LogP contribution in [0.2, 0.25) is 5.02 Å².